The molecule has 1 nitrogen and oxygen atoms in total. The molecule has 0 spiro atoms. The maximum atomic E-state index is 2.50. The summed E-state index contributed by atoms with van der Waals surface area (Å²) < 4.78 is 2.50. The predicted molar refractivity (Wildman–Crippen MR) is 238 cm³/mol. The number of rotatable bonds is 7. The second-order valence-corrected chi connectivity index (χ2v) is 15.0. The van der Waals surface area contributed by atoms with E-state index in [4.69, 9.17) is 0 Å². The normalized spacial score (nSPS) is 15.1. The van der Waals surface area contributed by atoms with Crippen molar-refractivity contribution >= 4 is 55.4 Å². The van der Waals surface area contributed by atoms with Crippen LogP contribution in [0.3, 0.4) is 0 Å². The Morgan fingerprint density at radius 1 is 0.618 bits per heavy atom. The molecule has 1 unspecified atom stereocenters. The zero-order valence-corrected chi connectivity index (χ0v) is 32.1. The lowest BCUT2D eigenvalue weighted by atomic mass is 9.87. The maximum Gasteiger partial charge on any atom is 0.0547 e. The van der Waals surface area contributed by atoms with Crippen LogP contribution in [-0.2, 0) is 6.42 Å². The second-order valence-electron chi connectivity index (χ2n) is 15.0. The molecule has 9 rings (SSSR count). The minimum absolute atomic E-state index is 0.499. The summed E-state index contributed by atoms with van der Waals surface area (Å²) in [6.07, 6.45) is 10.3. The average Bonchev–Trinajstić information content (AvgIpc) is 3.60. The quantitative estimate of drug-likeness (QED) is 0.145. The highest BCUT2D eigenvalue weighted by Gasteiger charge is 2.22. The number of aromatic nitrogens is 1. The summed E-state index contributed by atoms with van der Waals surface area (Å²) in [5.74, 6) is 0.499. The van der Waals surface area contributed by atoms with E-state index in [0.29, 0.717) is 5.92 Å². The van der Waals surface area contributed by atoms with Gasteiger partial charge in [0.1, 0.15) is 0 Å². The Morgan fingerprint density at radius 2 is 1.29 bits per heavy atom. The fourth-order valence-electron chi connectivity index (χ4n) is 8.59. The van der Waals surface area contributed by atoms with E-state index in [0.717, 1.165) is 12.1 Å². The molecule has 0 saturated carbocycles. The van der Waals surface area contributed by atoms with Crippen LogP contribution in [0, 0.1) is 5.92 Å². The lowest BCUT2D eigenvalue weighted by molar-refractivity contribution is 0.722. The van der Waals surface area contributed by atoms with Gasteiger partial charge >= 0.3 is 0 Å². The molecule has 0 N–H and O–H groups in total. The van der Waals surface area contributed by atoms with Gasteiger partial charge in [-0.05, 0) is 142 Å². The highest BCUT2D eigenvalue weighted by Crippen LogP contribution is 2.42. The van der Waals surface area contributed by atoms with E-state index in [-0.39, 0.29) is 0 Å². The van der Waals surface area contributed by atoms with Crippen LogP contribution in [-0.4, -0.2) is 4.57 Å². The first-order valence-electron chi connectivity index (χ1n) is 19.5. The van der Waals surface area contributed by atoms with Gasteiger partial charge in [0.15, 0.2) is 0 Å². The second kappa shape index (κ2) is 14.4. The molecule has 0 radical (unpaired) electrons. The molecule has 1 heteroatoms. The third-order valence-corrected chi connectivity index (χ3v) is 11.6. The highest BCUT2D eigenvalue weighted by atomic mass is 15.0. The van der Waals surface area contributed by atoms with Gasteiger partial charge in [-0.1, -0.05) is 153 Å². The van der Waals surface area contributed by atoms with Crippen molar-refractivity contribution in [3.05, 3.63) is 209 Å². The van der Waals surface area contributed by atoms with E-state index < -0.39 is 0 Å². The van der Waals surface area contributed by atoms with Gasteiger partial charge in [0.2, 0.25) is 0 Å². The number of hydrogen-bond acceptors (Lipinski definition) is 0. The van der Waals surface area contributed by atoms with Crippen molar-refractivity contribution in [1.29, 1.82) is 0 Å². The minimum atomic E-state index is 0.499. The number of allylic oxidation sites excluding steroid dienone is 7. The first-order valence-corrected chi connectivity index (χ1v) is 19.5. The van der Waals surface area contributed by atoms with Crippen LogP contribution in [0.1, 0.15) is 55.5 Å². The summed E-state index contributed by atoms with van der Waals surface area (Å²) in [6.45, 7) is 9.03. The number of benzene rings is 7. The van der Waals surface area contributed by atoms with Gasteiger partial charge in [0.05, 0.1) is 11.0 Å². The van der Waals surface area contributed by atoms with E-state index in [1.54, 1.807) is 0 Å². The summed E-state index contributed by atoms with van der Waals surface area (Å²) in [5, 5.41) is 5.31. The molecule has 0 aliphatic heterocycles. The van der Waals surface area contributed by atoms with Crippen LogP contribution in [0.15, 0.2) is 182 Å². The molecule has 8 aromatic rings. The van der Waals surface area contributed by atoms with Gasteiger partial charge in [-0.15, -0.1) is 0 Å². The van der Waals surface area contributed by atoms with Crippen LogP contribution in [0.4, 0.5) is 0 Å². The van der Waals surface area contributed by atoms with Gasteiger partial charge < -0.3 is 4.57 Å². The smallest absolute Gasteiger partial charge is 0.0547 e. The summed E-state index contributed by atoms with van der Waals surface area (Å²) in [4.78, 5) is 0. The largest absolute Gasteiger partial charge is 0.309 e. The fraction of sp³-hybridized carbons (Fsp3) is 0.111. The minimum Gasteiger partial charge on any atom is -0.309 e. The van der Waals surface area contributed by atoms with Crippen molar-refractivity contribution < 1.29 is 0 Å². The molecule has 0 amide bonds. The zero-order chi connectivity index (χ0) is 37.5. The van der Waals surface area contributed by atoms with Crippen LogP contribution in [0.5, 0.6) is 0 Å². The van der Waals surface area contributed by atoms with Crippen molar-refractivity contribution in [3.63, 3.8) is 0 Å². The van der Waals surface area contributed by atoms with Crippen LogP contribution in [0.25, 0.3) is 72.2 Å². The Bertz CT molecular complexity index is 2860. The van der Waals surface area contributed by atoms with Gasteiger partial charge in [0.25, 0.3) is 0 Å². The molecular formula is C54H45N. The van der Waals surface area contributed by atoms with E-state index >= 15 is 0 Å². The third-order valence-electron chi connectivity index (χ3n) is 11.6. The number of nitrogens with zero attached hydrogens (tertiary/aromatic N) is 1. The first-order chi connectivity index (χ1) is 27.0. The molecule has 1 aliphatic rings. The molecule has 1 aliphatic carbocycles. The van der Waals surface area contributed by atoms with Crippen LogP contribution in [0.2, 0.25) is 0 Å². The molecule has 0 fully saturated rings. The third kappa shape index (κ3) is 6.26. The topological polar surface area (TPSA) is 4.93 Å². The summed E-state index contributed by atoms with van der Waals surface area (Å²) >= 11 is 0. The summed E-state index contributed by atoms with van der Waals surface area (Å²) in [7, 11) is 0. The maximum absolute atomic E-state index is 2.50. The van der Waals surface area contributed by atoms with E-state index in [1.807, 2.05) is 0 Å². The molecule has 1 atom stereocenters. The molecular weight excluding hydrogens is 663 g/mol. The molecule has 55 heavy (non-hydrogen) atoms. The van der Waals surface area contributed by atoms with Gasteiger partial charge in [-0.25, -0.2) is 0 Å². The molecule has 1 aromatic heterocycles. The lowest BCUT2D eigenvalue weighted by Crippen LogP contribution is -2.04. The Labute approximate surface area is 324 Å². The SMILES string of the molecule is C\C=C(/C=C(\C(C)=C(/C)c1cccc(-c2ccccc2)c1)c1cccc(-n2c3ccc4c(c3c3c5ccccc5ccc32)CC(C)C=C4)c1)c1ccccc1. The van der Waals surface area contributed by atoms with E-state index in [2.05, 4.69) is 214 Å². The molecule has 266 valence electrons. The Kier molecular flexibility index (Phi) is 9.00. The fourth-order valence-corrected chi connectivity index (χ4v) is 8.59. The zero-order valence-electron chi connectivity index (χ0n) is 32.1. The van der Waals surface area contributed by atoms with E-state index in [1.165, 1.54) is 93.8 Å². The van der Waals surface area contributed by atoms with Crippen molar-refractivity contribution in [2.24, 2.45) is 5.92 Å². The molecule has 0 saturated heterocycles. The van der Waals surface area contributed by atoms with Crippen molar-refractivity contribution in [1.82, 2.24) is 4.57 Å². The predicted octanol–water partition coefficient (Wildman–Crippen LogP) is 14.8. The van der Waals surface area contributed by atoms with Crippen molar-refractivity contribution in [2.45, 2.75) is 34.1 Å². The molecule has 7 aromatic carbocycles. The van der Waals surface area contributed by atoms with Crippen LogP contribution >= 0.6 is 0 Å². The molecule has 0 bridgehead atoms. The average molecular weight is 708 g/mol. The Hall–Kier alpha value is -6.44. The Morgan fingerprint density at radius 3 is 2.11 bits per heavy atom. The number of fused-ring (bicyclic) bond motifs is 7. The van der Waals surface area contributed by atoms with Crippen molar-refractivity contribution in [3.8, 4) is 16.8 Å². The first kappa shape index (κ1) is 34.3. The van der Waals surface area contributed by atoms with Gasteiger partial charge in [-0.2, -0.15) is 0 Å². The van der Waals surface area contributed by atoms with Crippen LogP contribution < -0.4 is 0 Å². The Balaban J connectivity index is 1.27. The number of hydrogen-bond donors (Lipinski definition) is 0. The summed E-state index contributed by atoms with van der Waals surface area (Å²) in [5.41, 5.74) is 17.4. The lowest BCUT2D eigenvalue weighted by Gasteiger charge is -2.18. The standard InChI is InChI=1S/C54H45N/c1-5-39(40-16-8-6-9-17-40)35-49(38(4)37(3)44-21-14-22-45(33-44)41-18-10-7-11-19-41)46-23-15-24-47(34-46)55-51-30-28-42-20-12-13-25-48(42)53(51)54-50-32-36(2)26-27-43(50)29-31-52(54)55/h5-31,33-36H,32H2,1-4H3/b38-37+,39-5+,49-35+. The van der Waals surface area contributed by atoms with Crippen molar-refractivity contribution in [2.75, 3.05) is 0 Å². The molecule has 1 heterocycles. The summed E-state index contributed by atoms with van der Waals surface area (Å²) in [6, 6.07) is 57.7. The van der Waals surface area contributed by atoms with E-state index in [9.17, 15) is 0 Å². The monoisotopic (exact) mass is 707 g/mol. The highest BCUT2D eigenvalue weighted by molar-refractivity contribution is 6.22. The van der Waals surface area contributed by atoms with Gasteiger partial charge in [-0.3, -0.25) is 0 Å². The van der Waals surface area contributed by atoms with Gasteiger partial charge in [0, 0.05) is 16.5 Å².